The Labute approximate surface area is 114 Å². The lowest BCUT2D eigenvalue weighted by molar-refractivity contribution is 0.111. The van der Waals surface area contributed by atoms with Crippen molar-refractivity contribution in [2.45, 2.75) is 6.61 Å². The highest BCUT2D eigenvalue weighted by Gasteiger charge is 2.18. The van der Waals surface area contributed by atoms with E-state index in [-0.39, 0.29) is 19.2 Å². The van der Waals surface area contributed by atoms with Crippen molar-refractivity contribution in [2.75, 3.05) is 6.79 Å². The van der Waals surface area contributed by atoms with Gasteiger partial charge in [-0.1, -0.05) is 18.2 Å². The number of benzene rings is 2. The molecule has 5 heteroatoms. The van der Waals surface area contributed by atoms with Gasteiger partial charge in [0.2, 0.25) is 6.79 Å². The molecule has 102 valence electrons. The van der Waals surface area contributed by atoms with Gasteiger partial charge in [0.1, 0.15) is 18.2 Å². The molecule has 0 aliphatic carbocycles. The summed E-state index contributed by atoms with van der Waals surface area (Å²) in [6.07, 6.45) is 0.665. The number of carbonyl (C=O) groups excluding carboxylic acids is 1. The van der Waals surface area contributed by atoms with Gasteiger partial charge in [0.15, 0.2) is 17.8 Å². The molecule has 0 radical (unpaired) electrons. The van der Waals surface area contributed by atoms with E-state index in [4.69, 9.17) is 14.2 Å². The number of aldehydes is 1. The molecule has 1 heterocycles. The second-order valence-corrected chi connectivity index (χ2v) is 4.24. The molecule has 0 spiro atoms. The molecule has 3 rings (SSSR count). The third-order valence-corrected chi connectivity index (χ3v) is 2.97. The fraction of sp³-hybridized carbons (Fsp3) is 0.133. The number of hydrogen-bond donors (Lipinski definition) is 0. The van der Waals surface area contributed by atoms with Gasteiger partial charge in [-0.15, -0.1) is 0 Å². The summed E-state index contributed by atoms with van der Waals surface area (Å²) in [4.78, 5) is 11.1. The Morgan fingerprint density at radius 2 is 1.95 bits per heavy atom. The zero-order chi connectivity index (χ0) is 13.9. The fourth-order valence-corrected chi connectivity index (χ4v) is 1.93. The van der Waals surface area contributed by atoms with Crippen LogP contribution < -0.4 is 14.2 Å². The fourth-order valence-electron chi connectivity index (χ4n) is 1.93. The van der Waals surface area contributed by atoms with Crippen molar-refractivity contribution in [3.8, 4) is 17.2 Å². The molecular weight excluding hydrogens is 263 g/mol. The summed E-state index contributed by atoms with van der Waals surface area (Å²) in [6.45, 7) is 0.150. The van der Waals surface area contributed by atoms with E-state index in [1.54, 1.807) is 30.3 Å². The minimum absolute atomic E-state index is 0.0349. The zero-order valence-corrected chi connectivity index (χ0v) is 10.5. The Kier molecular flexibility index (Phi) is 3.25. The first kappa shape index (κ1) is 12.5. The van der Waals surface area contributed by atoms with Gasteiger partial charge in [0.25, 0.3) is 0 Å². The molecule has 0 saturated carbocycles. The van der Waals surface area contributed by atoms with Crippen molar-refractivity contribution in [1.82, 2.24) is 0 Å². The van der Waals surface area contributed by atoms with Gasteiger partial charge in [0, 0.05) is 11.6 Å². The maximum absolute atomic E-state index is 13.5. The molecule has 2 aromatic rings. The van der Waals surface area contributed by atoms with Gasteiger partial charge in [0.05, 0.1) is 5.56 Å². The van der Waals surface area contributed by atoms with Crippen LogP contribution >= 0.6 is 0 Å². The topological polar surface area (TPSA) is 44.8 Å². The van der Waals surface area contributed by atoms with Gasteiger partial charge in [-0.3, -0.25) is 4.79 Å². The Morgan fingerprint density at radius 3 is 2.70 bits per heavy atom. The van der Waals surface area contributed by atoms with Crippen LogP contribution in [0.15, 0.2) is 36.4 Å². The van der Waals surface area contributed by atoms with Crippen molar-refractivity contribution in [2.24, 2.45) is 0 Å². The van der Waals surface area contributed by atoms with Gasteiger partial charge >= 0.3 is 0 Å². The molecular formula is C15H11FO4. The molecule has 0 unspecified atom stereocenters. The van der Waals surface area contributed by atoms with Gasteiger partial charge in [-0.05, 0) is 12.1 Å². The van der Waals surface area contributed by atoms with Crippen LogP contribution in [0, 0.1) is 5.82 Å². The van der Waals surface area contributed by atoms with Crippen molar-refractivity contribution >= 4 is 6.29 Å². The Bertz CT molecular complexity index is 654. The number of fused-ring (bicyclic) bond motifs is 1. The third kappa shape index (κ3) is 2.30. The smallest absolute Gasteiger partial charge is 0.231 e. The first-order chi connectivity index (χ1) is 9.78. The summed E-state index contributed by atoms with van der Waals surface area (Å²) in [5, 5.41) is 0. The molecule has 0 bridgehead atoms. The summed E-state index contributed by atoms with van der Waals surface area (Å²) in [5.74, 6) is 1.01. The SMILES string of the molecule is O=Cc1cc2c(cc1OCc1ccccc1F)OCO2. The summed E-state index contributed by atoms with van der Waals surface area (Å²) in [6, 6.07) is 9.44. The molecule has 20 heavy (non-hydrogen) atoms. The van der Waals surface area contributed by atoms with Crippen LogP contribution in [0.3, 0.4) is 0 Å². The number of rotatable bonds is 4. The summed E-state index contributed by atoms with van der Waals surface area (Å²) in [7, 11) is 0. The predicted octanol–water partition coefficient (Wildman–Crippen LogP) is 2.95. The van der Waals surface area contributed by atoms with Crippen molar-refractivity contribution in [1.29, 1.82) is 0 Å². The minimum Gasteiger partial charge on any atom is -0.488 e. The van der Waals surface area contributed by atoms with E-state index in [1.165, 1.54) is 6.07 Å². The van der Waals surface area contributed by atoms with E-state index in [1.807, 2.05) is 0 Å². The molecule has 1 aliphatic rings. The van der Waals surface area contributed by atoms with E-state index in [2.05, 4.69) is 0 Å². The highest BCUT2D eigenvalue weighted by molar-refractivity contribution is 5.81. The van der Waals surface area contributed by atoms with Crippen LogP contribution in [-0.4, -0.2) is 13.1 Å². The quantitative estimate of drug-likeness (QED) is 0.804. The van der Waals surface area contributed by atoms with Gasteiger partial charge in [-0.2, -0.15) is 0 Å². The van der Waals surface area contributed by atoms with Gasteiger partial charge in [-0.25, -0.2) is 4.39 Å². The second kappa shape index (κ2) is 5.21. The molecule has 0 fully saturated rings. The molecule has 0 amide bonds. The molecule has 0 saturated heterocycles. The number of hydrogen-bond acceptors (Lipinski definition) is 4. The molecule has 1 aliphatic heterocycles. The number of halogens is 1. The normalized spacial score (nSPS) is 12.2. The summed E-state index contributed by atoms with van der Waals surface area (Å²) >= 11 is 0. The average Bonchev–Trinajstić information content (AvgIpc) is 2.92. The number of ether oxygens (including phenoxy) is 3. The number of carbonyl (C=O) groups is 1. The van der Waals surface area contributed by atoms with Crippen LogP contribution in [0.2, 0.25) is 0 Å². The molecule has 0 atom stereocenters. The maximum Gasteiger partial charge on any atom is 0.231 e. The van der Waals surface area contributed by atoms with E-state index in [0.717, 1.165) is 0 Å². The Morgan fingerprint density at radius 1 is 1.20 bits per heavy atom. The van der Waals surface area contributed by atoms with Gasteiger partial charge < -0.3 is 14.2 Å². The third-order valence-electron chi connectivity index (χ3n) is 2.97. The monoisotopic (exact) mass is 274 g/mol. The Hall–Kier alpha value is -2.56. The summed E-state index contributed by atoms with van der Waals surface area (Å²) in [5.41, 5.74) is 0.757. The largest absolute Gasteiger partial charge is 0.488 e. The minimum atomic E-state index is -0.346. The van der Waals surface area contributed by atoms with Crippen LogP contribution in [-0.2, 0) is 6.61 Å². The molecule has 0 N–H and O–H groups in total. The van der Waals surface area contributed by atoms with Crippen LogP contribution in [0.1, 0.15) is 15.9 Å². The first-order valence-electron chi connectivity index (χ1n) is 6.03. The van der Waals surface area contributed by atoms with Crippen molar-refractivity contribution in [3.05, 3.63) is 53.3 Å². The maximum atomic E-state index is 13.5. The lowest BCUT2D eigenvalue weighted by Gasteiger charge is -2.10. The first-order valence-corrected chi connectivity index (χ1v) is 6.03. The lowest BCUT2D eigenvalue weighted by atomic mass is 10.2. The second-order valence-electron chi connectivity index (χ2n) is 4.24. The summed E-state index contributed by atoms with van der Waals surface area (Å²) < 4.78 is 29.4. The Balaban J connectivity index is 1.84. The van der Waals surface area contributed by atoms with E-state index in [9.17, 15) is 9.18 Å². The molecule has 0 aromatic heterocycles. The molecule has 4 nitrogen and oxygen atoms in total. The zero-order valence-electron chi connectivity index (χ0n) is 10.5. The van der Waals surface area contributed by atoms with E-state index in [0.29, 0.717) is 34.7 Å². The van der Waals surface area contributed by atoms with Crippen molar-refractivity contribution < 1.29 is 23.4 Å². The highest BCUT2D eigenvalue weighted by atomic mass is 19.1. The van der Waals surface area contributed by atoms with Crippen LogP contribution in [0.5, 0.6) is 17.2 Å². The van der Waals surface area contributed by atoms with Crippen molar-refractivity contribution in [3.63, 3.8) is 0 Å². The standard InChI is InChI=1S/C15H11FO4/c16-12-4-2-1-3-10(12)8-18-13-6-15-14(19-9-20-15)5-11(13)7-17/h1-7H,8-9H2. The molecule has 2 aromatic carbocycles. The average molecular weight is 274 g/mol. The van der Waals surface area contributed by atoms with E-state index < -0.39 is 0 Å². The van der Waals surface area contributed by atoms with E-state index >= 15 is 0 Å². The lowest BCUT2D eigenvalue weighted by Crippen LogP contribution is -2.00. The predicted molar refractivity (Wildman–Crippen MR) is 68.7 cm³/mol. The highest BCUT2D eigenvalue weighted by Crippen LogP contribution is 2.37. The van der Waals surface area contributed by atoms with Crippen LogP contribution in [0.25, 0.3) is 0 Å². The van der Waals surface area contributed by atoms with Crippen LogP contribution in [0.4, 0.5) is 4.39 Å².